The molecular formula is C16H21N3O4. The van der Waals surface area contributed by atoms with E-state index in [0.29, 0.717) is 18.0 Å². The molecule has 2 unspecified atom stereocenters. The van der Waals surface area contributed by atoms with Crippen molar-refractivity contribution in [3.8, 4) is 0 Å². The number of amides is 3. The molecule has 2 heterocycles. The van der Waals surface area contributed by atoms with Gasteiger partial charge in [0, 0.05) is 13.1 Å². The van der Waals surface area contributed by atoms with Crippen molar-refractivity contribution in [1.82, 2.24) is 15.0 Å². The van der Waals surface area contributed by atoms with E-state index in [0.717, 1.165) is 30.6 Å². The SMILES string of the molecule is Cc1cc(CN(C)C(=O)CN2C(=O)C3CCCCC3C2=O)no1. The minimum absolute atomic E-state index is 0.182. The zero-order chi connectivity index (χ0) is 16.6. The Morgan fingerprint density at radius 1 is 1.30 bits per heavy atom. The molecule has 1 aliphatic carbocycles. The highest BCUT2D eigenvalue weighted by Gasteiger charge is 2.48. The number of likely N-dealkylation sites (tertiary alicyclic amines) is 1. The van der Waals surface area contributed by atoms with E-state index in [1.807, 2.05) is 0 Å². The van der Waals surface area contributed by atoms with E-state index < -0.39 is 0 Å². The minimum Gasteiger partial charge on any atom is -0.361 e. The van der Waals surface area contributed by atoms with Gasteiger partial charge in [-0.25, -0.2) is 0 Å². The van der Waals surface area contributed by atoms with Crippen LogP contribution in [0.25, 0.3) is 0 Å². The van der Waals surface area contributed by atoms with E-state index >= 15 is 0 Å². The lowest BCUT2D eigenvalue weighted by Gasteiger charge is -2.20. The van der Waals surface area contributed by atoms with Gasteiger partial charge >= 0.3 is 0 Å². The molecule has 0 aromatic carbocycles. The molecular weight excluding hydrogens is 298 g/mol. The second-order valence-electron chi connectivity index (χ2n) is 6.44. The Kier molecular flexibility index (Phi) is 4.19. The van der Waals surface area contributed by atoms with E-state index in [4.69, 9.17) is 4.52 Å². The Labute approximate surface area is 134 Å². The first-order chi connectivity index (χ1) is 11.0. The van der Waals surface area contributed by atoms with Crippen LogP contribution in [0.3, 0.4) is 0 Å². The average Bonchev–Trinajstić information content (AvgIpc) is 3.04. The van der Waals surface area contributed by atoms with Crippen LogP contribution in [-0.2, 0) is 20.9 Å². The molecule has 1 saturated heterocycles. The van der Waals surface area contributed by atoms with Gasteiger partial charge in [0.1, 0.15) is 18.0 Å². The molecule has 1 aliphatic heterocycles. The van der Waals surface area contributed by atoms with E-state index in [-0.39, 0.29) is 36.1 Å². The van der Waals surface area contributed by atoms with Gasteiger partial charge in [0.25, 0.3) is 0 Å². The van der Waals surface area contributed by atoms with Crippen LogP contribution >= 0.6 is 0 Å². The summed E-state index contributed by atoms with van der Waals surface area (Å²) in [6, 6.07) is 1.75. The molecule has 23 heavy (non-hydrogen) atoms. The van der Waals surface area contributed by atoms with Crippen LogP contribution in [0.2, 0.25) is 0 Å². The normalized spacial score (nSPS) is 24.0. The van der Waals surface area contributed by atoms with Crippen LogP contribution in [0, 0.1) is 18.8 Å². The summed E-state index contributed by atoms with van der Waals surface area (Å²) in [4.78, 5) is 39.7. The Morgan fingerprint density at radius 2 is 1.91 bits per heavy atom. The molecule has 1 saturated carbocycles. The first kappa shape index (κ1) is 15.7. The zero-order valence-corrected chi connectivity index (χ0v) is 13.4. The minimum atomic E-state index is -0.272. The van der Waals surface area contributed by atoms with E-state index in [1.54, 1.807) is 20.0 Å². The number of carbonyl (C=O) groups excluding carboxylic acids is 3. The molecule has 0 N–H and O–H groups in total. The van der Waals surface area contributed by atoms with Gasteiger partial charge in [-0.05, 0) is 19.8 Å². The van der Waals surface area contributed by atoms with Crippen LogP contribution < -0.4 is 0 Å². The van der Waals surface area contributed by atoms with Gasteiger partial charge in [-0.3, -0.25) is 19.3 Å². The van der Waals surface area contributed by atoms with Gasteiger partial charge in [0.15, 0.2) is 0 Å². The lowest BCUT2D eigenvalue weighted by molar-refractivity contribution is -0.146. The topological polar surface area (TPSA) is 83.7 Å². The lowest BCUT2D eigenvalue weighted by atomic mass is 9.81. The molecule has 1 aromatic heterocycles. The molecule has 3 amide bonds. The Bertz CT molecular complexity index is 615. The summed E-state index contributed by atoms with van der Waals surface area (Å²) < 4.78 is 4.97. The van der Waals surface area contributed by atoms with Crippen molar-refractivity contribution >= 4 is 17.7 Å². The van der Waals surface area contributed by atoms with Crippen molar-refractivity contribution < 1.29 is 18.9 Å². The molecule has 0 radical (unpaired) electrons. The van der Waals surface area contributed by atoms with E-state index in [2.05, 4.69) is 5.16 Å². The van der Waals surface area contributed by atoms with Gasteiger partial charge in [0.05, 0.1) is 18.4 Å². The molecule has 2 aliphatic rings. The van der Waals surface area contributed by atoms with Crippen molar-refractivity contribution in [2.24, 2.45) is 11.8 Å². The number of hydrogen-bond donors (Lipinski definition) is 0. The molecule has 124 valence electrons. The highest BCUT2D eigenvalue weighted by atomic mass is 16.5. The molecule has 3 rings (SSSR count). The van der Waals surface area contributed by atoms with Gasteiger partial charge in [-0.1, -0.05) is 18.0 Å². The van der Waals surface area contributed by atoms with Crippen molar-refractivity contribution in [3.05, 3.63) is 17.5 Å². The summed E-state index contributed by atoms with van der Waals surface area (Å²) in [5, 5.41) is 3.84. The highest BCUT2D eigenvalue weighted by Crippen LogP contribution is 2.37. The maximum atomic E-state index is 12.4. The molecule has 0 bridgehead atoms. The number of nitrogens with zero attached hydrogens (tertiary/aromatic N) is 3. The number of aromatic nitrogens is 1. The van der Waals surface area contributed by atoms with E-state index in [1.165, 1.54) is 4.90 Å². The molecule has 7 heteroatoms. The number of imide groups is 1. The number of aryl methyl sites for hydroxylation is 1. The Morgan fingerprint density at radius 3 is 2.43 bits per heavy atom. The molecule has 0 spiro atoms. The largest absolute Gasteiger partial charge is 0.361 e. The summed E-state index contributed by atoms with van der Waals surface area (Å²) in [7, 11) is 1.63. The second-order valence-corrected chi connectivity index (χ2v) is 6.44. The first-order valence-corrected chi connectivity index (χ1v) is 7.98. The molecule has 7 nitrogen and oxygen atoms in total. The number of carbonyl (C=O) groups is 3. The molecule has 2 fully saturated rings. The van der Waals surface area contributed by atoms with Gasteiger partial charge in [-0.15, -0.1) is 0 Å². The highest BCUT2D eigenvalue weighted by molar-refractivity contribution is 6.07. The summed E-state index contributed by atoms with van der Waals surface area (Å²) in [5.41, 5.74) is 0.645. The average molecular weight is 319 g/mol. The molecule has 2 atom stereocenters. The zero-order valence-electron chi connectivity index (χ0n) is 13.4. The summed E-state index contributed by atoms with van der Waals surface area (Å²) >= 11 is 0. The second kappa shape index (κ2) is 6.14. The fourth-order valence-electron chi connectivity index (χ4n) is 3.47. The van der Waals surface area contributed by atoms with Crippen LogP contribution in [-0.4, -0.2) is 46.3 Å². The lowest BCUT2D eigenvalue weighted by Crippen LogP contribution is -2.41. The number of fused-ring (bicyclic) bond motifs is 1. The van der Waals surface area contributed by atoms with Gasteiger partial charge in [0.2, 0.25) is 17.7 Å². The Balaban J connectivity index is 1.62. The van der Waals surface area contributed by atoms with Gasteiger partial charge in [-0.2, -0.15) is 0 Å². The van der Waals surface area contributed by atoms with Crippen LogP contribution in [0.4, 0.5) is 0 Å². The molecule has 1 aromatic rings. The van der Waals surface area contributed by atoms with Crippen LogP contribution in [0.5, 0.6) is 0 Å². The smallest absolute Gasteiger partial charge is 0.242 e. The van der Waals surface area contributed by atoms with E-state index in [9.17, 15) is 14.4 Å². The number of hydrogen-bond acceptors (Lipinski definition) is 5. The number of rotatable bonds is 4. The monoisotopic (exact) mass is 319 g/mol. The maximum Gasteiger partial charge on any atom is 0.242 e. The predicted molar refractivity (Wildman–Crippen MR) is 79.9 cm³/mol. The third kappa shape index (κ3) is 3.00. The fourth-order valence-corrected chi connectivity index (χ4v) is 3.47. The van der Waals surface area contributed by atoms with Crippen molar-refractivity contribution in [1.29, 1.82) is 0 Å². The van der Waals surface area contributed by atoms with Crippen LogP contribution in [0.1, 0.15) is 37.1 Å². The first-order valence-electron chi connectivity index (χ1n) is 7.98. The van der Waals surface area contributed by atoms with Gasteiger partial charge < -0.3 is 9.42 Å². The van der Waals surface area contributed by atoms with Crippen LogP contribution in [0.15, 0.2) is 10.6 Å². The number of likely N-dealkylation sites (N-methyl/N-ethyl adjacent to an activating group) is 1. The third-order valence-corrected chi connectivity index (χ3v) is 4.73. The summed E-state index contributed by atoms with van der Waals surface area (Å²) in [6.45, 7) is 1.89. The Hall–Kier alpha value is -2.18. The third-order valence-electron chi connectivity index (χ3n) is 4.73. The predicted octanol–water partition coefficient (Wildman–Crippen LogP) is 1.12. The standard InChI is InChI=1S/C16H21N3O4/c1-10-7-11(17-23-10)8-18(2)14(20)9-19-15(21)12-5-3-4-6-13(12)16(19)22/h7,12-13H,3-6,8-9H2,1-2H3. The maximum absolute atomic E-state index is 12.4. The van der Waals surface area contributed by atoms with Crippen molar-refractivity contribution in [2.45, 2.75) is 39.2 Å². The fraction of sp³-hybridized carbons (Fsp3) is 0.625. The summed E-state index contributed by atoms with van der Waals surface area (Å²) in [5.74, 6) is -0.390. The van der Waals surface area contributed by atoms with Crippen molar-refractivity contribution in [3.63, 3.8) is 0 Å². The van der Waals surface area contributed by atoms with Crippen molar-refractivity contribution in [2.75, 3.05) is 13.6 Å². The summed E-state index contributed by atoms with van der Waals surface area (Å²) in [6.07, 6.45) is 3.47. The quantitative estimate of drug-likeness (QED) is 0.777.